The molecule has 0 bridgehead atoms. The number of rotatable bonds is 1. The third-order valence-electron chi connectivity index (χ3n) is 2.39. The van der Waals surface area contributed by atoms with Crippen molar-refractivity contribution in [2.75, 3.05) is 0 Å². The van der Waals surface area contributed by atoms with E-state index in [-0.39, 0.29) is 0 Å². The van der Waals surface area contributed by atoms with E-state index < -0.39 is 0 Å². The Labute approximate surface area is 82.9 Å². The highest BCUT2D eigenvalue weighted by Crippen LogP contribution is 2.22. The van der Waals surface area contributed by atoms with Gasteiger partial charge in [0.2, 0.25) is 0 Å². The number of halogens is 1. The first kappa shape index (κ1) is 8.64. The zero-order chi connectivity index (χ0) is 9.42. The lowest BCUT2D eigenvalue weighted by Crippen LogP contribution is -1.94. The van der Waals surface area contributed by atoms with E-state index in [1.807, 2.05) is 12.1 Å². The Hall–Kier alpha value is -0.950. The normalized spacial score (nSPS) is 11.0. The number of hydrogen-bond acceptors (Lipinski definition) is 0. The molecular weight excluding hydrogens is 182 g/mol. The molecule has 0 saturated heterocycles. The lowest BCUT2D eigenvalue weighted by molar-refractivity contribution is 0.770. The van der Waals surface area contributed by atoms with Crippen molar-refractivity contribution in [2.45, 2.75) is 20.4 Å². The van der Waals surface area contributed by atoms with Gasteiger partial charge in [-0.15, -0.1) is 0 Å². The molecule has 1 aromatic heterocycles. The van der Waals surface area contributed by atoms with Crippen LogP contribution in [0.25, 0.3) is 10.9 Å². The first-order chi connectivity index (χ1) is 6.22. The van der Waals surface area contributed by atoms with Crippen LogP contribution in [0, 0.1) is 6.92 Å². The summed E-state index contributed by atoms with van der Waals surface area (Å²) in [5.74, 6) is 0. The largest absolute Gasteiger partial charge is 0.345 e. The van der Waals surface area contributed by atoms with Crippen LogP contribution in [0.2, 0.25) is 5.02 Å². The summed E-state index contributed by atoms with van der Waals surface area (Å²) in [7, 11) is 0. The van der Waals surface area contributed by atoms with Gasteiger partial charge in [-0.05, 0) is 38.1 Å². The molecule has 0 atom stereocenters. The molecular formula is C11H12ClN. The van der Waals surface area contributed by atoms with Crippen molar-refractivity contribution < 1.29 is 0 Å². The smallest absolute Gasteiger partial charge is 0.0483 e. The predicted molar refractivity (Wildman–Crippen MR) is 57.4 cm³/mol. The van der Waals surface area contributed by atoms with Gasteiger partial charge in [0.1, 0.15) is 0 Å². The van der Waals surface area contributed by atoms with Gasteiger partial charge in [-0.1, -0.05) is 11.6 Å². The molecule has 0 fully saturated rings. The molecule has 2 heteroatoms. The van der Waals surface area contributed by atoms with E-state index in [1.165, 1.54) is 16.6 Å². The molecule has 1 heterocycles. The van der Waals surface area contributed by atoms with Crippen molar-refractivity contribution in [3.8, 4) is 0 Å². The maximum absolute atomic E-state index is 5.91. The Bertz CT molecular complexity index is 443. The number of aromatic nitrogens is 1. The summed E-state index contributed by atoms with van der Waals surface area (Å²) in [4.78, 5) is 0. The highest BCUT2D eigenvalue weighted by Gasteiger charge is 2.03. The van der Waals surface area contributed by atoms with Crippen LogP contribution < -0.4 is 0 Å². The van der Waals surface area contributed by atoms with E-state index in [9.17, 15) is 0 Å². The summed E-state index contributed by atoms with van der Waals surface area (Å²) in [5, 5.41) is 2.03. The average Bonchev–Trinajstić information content (AvgIpc) is 2.39. The van der Waals surface area contributed by atoms with E-state index >= 15 is 0 Å². The van der Waals surface area contributed by atoms with Crippen LogP contribution in [0.4, 0.5) is 0 Å². The van der Waals surface area contributed by atoms with E-state index in [0.29, 0.717) is 0 Å². The molecule has 1 nitrogen and oxygen atoms in total. The fourth-order valence-corrected chi connectivity index (χ4v) is 1.98. The average molecular weight is 194 g/mol. The van der Waals surface area contributed by atoms with Crippen LogP contribution >= 0.6 is 11.6 Å². The monoisotopic (exact) mass is 193 g/mol. The summed E-state index contributed by atoms with van der Waals surface area (Å²) in [5.41, 5.74) is 2.56. The minimum absolute atomic E-state index is 0.806. The summed E-state index contributed by atoms with van der Waals surface area (Å²) >= 11 is 5.91. The van der Waals surface area contributed by atoms with Crippen LogP contribution in [0.3, 0.4) is 0 Å². The molecule has 0 unspecified atom stereocenters. The minimum Gasteiger partial charge on any atom is -0.345 e. The standard InChI is InChI=1S/C11H12ClN/c1-3-13-8(2)6-9-7-10(12)4-5-11(9)13/h4-7H,3H2,1-2H3. The van der Waals surface area contributed by atoms with Gasteiger partial charge in [0.25, 0.3) is 0 Å². The summed E-state index contributed by atoms with van der Waals surface area (Å²) in [6.45, 7) is 5.29. The Balaban J connectivity index is 2.79. The molecule has 1 aromatic carbocycles. The Morgan fingerprint density at radius 1 is 1.31 bits per heavy atom. The Morgan fingerprint density at radius 3 is 2.77 bits per heavy atom. The number of benzene rings is 1. The third kappa shape index (κ3) is 1.33. The quantitative estimate of drug-likeness (QED) is 0.652. The van der Waals surface area contributed by atoms with E-state index in [2.05, 4.69) is 30.5 Å². The van der Waals surface area contributed by atoms with Crippen LogP contribution in [0.5, 0.6) is 0 Å². The lowest BCUT2D eigenvalue weighted by Gasteiger charge is -2.02. The fraction of sp³-hybridized carbons (Fsp3) is 0.273. The second-order valence-electron chi connectivity index (χ2n) is 3.23. The van der Waals surface area contributed by atoms with E-state index in [1.54, 1.807) is 0 Å². The van der Waals surface area contributed by atoms with Crippen molar-refractivity contribution in [1.82, 2.24) is 4.57 Å². The zero-order valence-electron chi connectivity index (χ0n) is 7.84. The maximum atomic E-state index is 5.91. The molecule has 0 radical (unpaired) electrons. The van der Waals surface area contributed by atoms with Crippen LogP contribution in [0.1, 0.15) is 12.6 Å². The molecule has 13 heavy (non-hydrogen) atoms. The number of fused-ring (bicyclic) bond motifs is 1. The molecule has 0 saturated carbocycles. The van der Waals surface area contributed by atoms with Gasteiger partial charge in [-0.25, -0.2) is 0 Å². The third-order valence-corrected chi connectivity index (χ3v) is 2.62. The summed E-state index contributed by atoms with van der Waals surface area (Å²) in [6, 6.07) is 8.20. The molecule has 0 spiro atoms. The van der Waals surface area contributed by atoms with Crippen LogP contribution in [-0.4, -0.2) is 4.57 Å². The molecule has 2 rings (SSSR count). The molecule has 2 aromatic rings. The van der Waals surface area contributed by atoms with Gasteiger partial charge >= 0.3 is 0 Å². The van der Waals surface area contributed by atoms with Crippen molar-refractivity contribution >= 4 is 22.5 Å². The zero-order valence-corrected chi connectivity index (χ0v) is 8.60. The van der Waals surface area contributed by atoms with Gasteiger partial charge in [-0.3, -0.25) is 0 Å². The molecule has 0 N–H and O–H groups in total. The number of nitrogens with zero attached hydrogens (tertiary/aromatic N) is 1. The Morgan fingerprint density at radius 2 is 2.08 bits per heavy atom. The summed E-state index contributed by atoms with van der Waals surface area (Å²) < 4.78 is 2.28. The molecule has 68 valence electrons. The van der Waals surface area contributed by atoms with Crippen LogP contribution in [-0.2, 0) is 6.54 Å². The van der Waals surface area contributed by atoms with Crippen molar-refractivity contribution in [3.05, 3.63) is 35.0 Å². The fourth-order valence-electron chi connectivity index (χ4n) is 1.80. The van der Waals surface area contributed by atoms with Gasteiger partial charge in [0.15, 0.2) is 0 Å². The van der Waals surface area contributed by atoms with E-state index in [0.717, 1.165) is 11.6 Å². The first-order valence-corrected chi connectivity index (χ1v) is 4.85. The SMILES string of the molecule is CCn1c(C)cc2cc(Cl)ccc21. The maximum Gasteiger partial charge on any atom is 0.0483 e. The van der Waals surface area contributed by atoms with Gasteiger partial charge < -0.3 is 4.57 Å². The topological polar surface area (TPSA) is 4.93 Å². The molecule has 0 aliphatic rings. The number of aryl methyl sites for hydroxylation is 2. The molecule has 0 aliphatic heterocycles. The molecule has 0 amide bonds. The highest BCUT2D eigenvalue weighted by molar-refractivity contribution is 6.31. The highest BCUT2D eigenvalue weighted by atomic mass is 35.5. The second-order valence-corrected chi connectivity index (χ2v) is 3.67. The summed E-state index contributed by atoms with van der Waals surface area (Å²) in [6.07, 6.45) is 0. The molecule has 0 aliphatic carbocycles. The van der Waals surface area contributed by atoms with Crippen molar-refractivity contribution in [1.29, 1.82) is 0 Å². The van der Waals surface area contributed by atoms with E-state index in [4.69, 9.17) is 11.6 Å². The lowest BCUT2D eigenvalue weighted by atomic mass is 10.2. The van der Waals surface area contributed by atoms with Gasteiger partial charge in [-0.2, -0.15) is 0 Å². The van der Waals surface area contributed by atoms with Gasteiger partial charge in [0.05, 0.1) is 0 Å². The predicted octanol–water partition coefficient (Wildman–Crippen LogP) is 3.62. The minimum atomic E-state index is 0.806. The first-order valence-electron chi connectivity index (χ1n) is 4.47. The van der Waals surface area contributed by atoms with Crippen molar-refractivity contribution in [3.63, 3.8) is 0 Å². The van der Waals surface area contributed by atoms with Crippen LogP contribution in [0.15, 0.2) is 24.3 Å². The Kier molecular flexibility index (Phi) is 2.04. The van der Waals surface area contributed by atoms with Crippen molar-refractivity contribution in [2.24, 2.45) is 0 Å². The number of hydrogen-bond donors (Lipinski definition) is 0. The second kappa shape index (κ2) is 3.08. The van der Waals surface area contributed by atoms with Gasteiger partial charge in [0, 0.05) is 28.2 Å².